The number of halogens is 1. The van der Waals surface area contributed by atoms with Crippen molar-refractivity contribution >= 4 is 11.6 Å². The van der Waals surface area contributed by atoms with Gasteiger partial charge in [0.25, 0.3) is 0 Å². The zero-order valence-corrected chi connectivity index (χ0v) is 17.7. The number of methoxy groups -OCH3 is 2. The fourth-order valence-corrected chi connectivity index (χ4v) is 4.10. The molecule has 1 unspecified atom stereocenters. The van der Waals surface area contributed by atoms with Crippen molar-refractivity contribution in [2.75, 3.05) is 40.5 Å². The lowest BCUT2D eigenvalue weighted by molar-refractivity contribution is 0.0499. The van der Waals surface area contributed by atoms with Gasteiger partial charge in [-0.25, -0.2) is 0 Å². The van der Waals surface area contributed by atoms with E-state index in [1.165, 1.54) is 12.7 Å². The molecule has 2 N–H and O–H groups in total. The van der Waals surface area contributed by atoms with E-state index in [0.717, 1.165) is 43.9 Å². The number of aromatic hydroxyl groups is 1. The van der Waals surface area contributed by atoms with Gasteiger partial charge in [0.1, 0.15) is 5.75 Å². The topological polar surface area (TPSA) is 65.4 Å². The van der Waals surface area contributed by atoms with Gasteiger partial charge in [0.05, 0.1) is 19.2 Å². The quantitative estimate of drug-likeness (QED) is 0.684. The highest BCUT2D eigenvalue weighted by Gasteiger charge is 2.27. The number of aliphatic hydroxyl groups excluding tert-OH is 1. The Balaban J connectivity index is 1.67. The van der Waals surface area contributed by atoms with Crippen LogP contribution in [0.25, 0.3) is 0 Å². The van der Waals surface area contributed by atoms with Crippen LogP contribution in [0, 0.1) is 0 Å². The van der Waals surface area contributed by atoms with Crippen molar-refractivity contribution in [1.29, 1.82) is 0 Å². The number of rotatable bonds is 8. The predicted molar refractivity (Wildman–Crippen MR) is 114 cm³/mol. The zero-order valence-electron chi connectivity index (χ0n) is 17.0. The summed E-state index contributed by atoms with van der Waals surface area (Å²) in [7, 11) is 3.20. The van der Waals surface area contributed by atoms with Crippen LogP contribution in [0.5, 0.6) is 17.2 Å². The summed E-state index contributed by atoms with van der Waals surface area (Å²) in [4.78, 5) is 4.77. The van der Waals surface area contributed by atoms with E-state index in [2.05, 4.69) is 21.9 Å². The molecule has 158 valence electrons. The Morgan fingerprint density at radius 2 is 1.90 bits per heavy atom. The lowest BCUT2D eigenvalue weighted by atomic mass is 10.1. The summed E-state index contributed by atoms with van der Waals surface area (Å²) in [5.74, 6) is 1.22. The van der Waals surface area contributed by atoms with Crippen molar-refractivity contribution in [2.24, 2.45) is 0 Å². The first-order chi connectivity index (χ1) is 14.0. The van der Waals surface area contributed by atoms with Gasteiger partial charge in [-0.3, -0.25) is 9.80 Å². The number of hydrogen-bond donors (Lipinski definition) is 2. The fraction of sp³-hybridized carbons (Fsp3) is 0.455. The molecule has 0 aromatic heterocycles. The molecule has 0 saturated carbocycles. The molecule has 7 heteroatoms. The number of nitrogens with zero attached hydrogens (tertiary/aromatic N) is 2. The van der Waals surface area contributed by atoms with E-state index in [1.807, 2.05) is 18.2 Å². The molecule has 1 saturated heterocycles. The average Bonchev–Trinajstić information content (AvgIpc) is 2.72. The largest absolute Gasteiger partial charge is 0.503 e. The Kier molecular flexibility index (Phi) is 7.61. The Labute approximate surface area is 177 Å². The molecular formula is C22H29ClN2O4. The Morgan fingerprint density at radius 1 is 1.07 bits per heavy atom. The number of ether oxygens (including phenoxy) is 2. The molecule has 6 nitrogen and oxygen atoms in total. The van der Waals surface area contributed by atoms with Crippen molar-refractivity contribution in [2.45, 2.75) is 25.6 Å². The summed E-state index contributed by atoms with van der Waals surface area (Å²) < 4.78 is 10.5. The molecule has 0 bridgehead atoms. The highest BCUT2D eigenvalue weighted by Crippen LogP contribution is 2.35. The van der Waals surface area contributed by atoms with Crippen molar-refractivity contribution in [3.63, 3.8) is 0 Å². The van der Waals surface area contributed by atoms with E-state index in [9.17, 15) is 10.2 Å². The van der Waals surface area contributed by atoms with E-state index in [1.54, 1.807) is 13.2 Å². The molecule has 0 radical (unpaired) electrons. The normalized spacial score (nSPS) is 18.0. The maximum Gasteiger partial charge on any atom is 0.176 e. The highest BCUT2D eigenvalue weighted by atomic mass is 35.5. The van der Waals surface area contributed by atoms with Gasteiger partial charge >= 0.3 is 0 Å². The van der Waals surface area contributed by atoms with Crippen molar-refractivity contribution in [3.05, 3.63) is 52.5 Å². The second kappa shape index (κ2) is 10.2. The Hall–Kier alpha value is -1.99. The van der Waals surface area contributed by atoms with E-state index < -0.39 is 0 Å². The first kappa shape index (κ1) is 21.7. The minimum absolute atomic E-state index is 0.0285. The number of hydrogen-bond acceptors (Lipinski definition) is 6. The fourth-order valence-electron chi connectivity index (χ4n) is 3.87. The van der Waals surface area contributed by atoms with Crippen LogP contribution in [0.15, 0.2) is 36.4 Å². The summed E-state index contributed by atoms with van der Waals surface area (Å²) in [5.41, 5.74) is 2.20. The average molecular weight is 421 g/mol. The lowest BCUT2D eigenvalue weighted by Crippen LogP contribution is -2.52. The standard InChI is InChI=1S/C22H29ClN2O4/c1-28-19-5-3-4-16(10-19)14-25-8-7-24(15-18(25)6-9-26)13-17-11-20(23)22(27)21(12-17)29-2/h3-5,10-12,18,26-27H,6-9,13-15H2,1-2H3. The first-order valence-corrected chi connectivity index (χ1v) is 10.2. The summed E-state index contributed by atoms with van der Waals surface area (Å²) in [6.07, 6.45) is 0.722. The van der Waals surface area contributed by atoms with Crippen molar-refractivity contribution < 1.29 is 19.7 Å². The number of phenols is 1. The molecule has 0 spiro atoms. The van der Waals surface area contributed by atoms with Gasteiger partial charge < -0.3 is 19.7 Å². The third-order valence-corrected chi connectivity index (χ3v) is 5.67. The summed E-state index contributed by atoms with van der Waals surface area (Å²) >= 11 is 6.13. The molecule has 0 aliphatic carbocycles. The molecule has 0 amide bonds. The number of benzene rings is 2. The molecular weight excluding hydrogens is 392 g/mol. The third-order valence-electron chi connectivity index (χ3n) is 5.39. The first-order valence-electron chi connectivity index (χ1n) is 9.79. The van der Waals surface area contributed by atoms with Crippen LogP contribution in [-0.4, -0.2) is 66.5 Å². The molecule has 2 aromatic rings. The van der Waals surface area contributed by atoms with Gasteiger partial charge in [0, 0.05) is 45.4 Å². The monoisotopic (exact) mass is 420 g/mol. The molecule has 1 atom stereocenters. The molecule has 1 heterocycles. The van der Waals surface area contributed by atoms with Gasteiger partial charge in [-0.2, -0.15) is 0 Å². The minimum Gasteiger partial charge on any atom is -0.503 e. The van der Waals surface area contributed by atoms with E-state index in [0.29, 0.717) is 17.3 Å². The van der Waals surface area contributed by atoms with Gasteiger partial charge in [-0.1, -0.05) is 23.7 Å². The van der Waals surface area contributed by atoms with E-state index >= 15 is 0 Å². The molecule has 29 heavy (non-hydrogen) atoms. The summed E-state index contributed by atoms with van der Waals surface area (Å²) in [5, 5.41) is 19.8. The summed E-state index contributed by atoms with van der Waals surface area (Å²) in [6, 6.07) is 12.0. The maximum atomic E-state index is 9.94. The molecule has 1 fully saturated rings. The van der Waals surface area contributed by atoms with Gasteiger partial charge in [0.2, 0.25) is 0 Å². The number of piperazine rings is 1. The van der Waals surface area contributed by atoms with Crippen LogP contribution in [0.1, 0.15) is 17.5 Å². The number of phenolic OH excluding ortho intramolecular Hbond substituents is 1. The number of aliphatic hydroxyl groups is 1. The predicted octanol–water partition coefficient (Wildman–Crippen LogP) is 3.13. The van der Waals surface area contributed by atoms with Crippen LogP contribution in [0.3, 0.4) is 0 Å². The van der Waals surface area contributed by atoms with Crippen molar-refractivity contribution in [1.82, 2.24) is 9.80 Å². The second-order valence-corrected chi connectivity index (χ2v) is 7.76. The Bertz CT molecular complexity index is 817. The third kappa shape index (κ3) is 5.54. The minimum atomic E-state index is -0.0285. The molecule has 2 aromatic carbocycles. The molecule has 1 aliphatic rings. The van der Waals surface area contributed by atoms with Crippen LogP contribution < -0.4 is 9.47 Å². The van der Waals surface area contributed by atoms with E-state index in [4.69, 9.17) is 21.1 Å². The van der Waals surface area contributed by atoms with E-state index in [-0.39, 0.29) is 18.4 Å². The van der Waals surface area contributed by atoms with Crippen LogP contribution in [-0.2, 0) is 13.1 Å². The lowest BCUT2D eigenvalue weighted by Gasteiger charge is -2.41. The molecule has 3 rings (SSSR count). The smallest absolute Gasteiger partial charge is 0.176 e. The van der Waals surface area contributed by atoms with Gasteiger partial charge in [-0.05, 0) is 41.8 Å². The second-order valence-electron chi connectivity index (χ2n) is 7.35. The van der Waals surface area contributed by atoms with Crippen LogP contribution >= 0.6 is 11.6 Å². The maximum absolute atomic E-state index is 9.94. The molecule has 1 aliphatic heterocycles. The van der Waals surface area contributed by atoms with Gasteiger partial charge in [0.15, 0.2) is 11.5 Å². The zero-order chi connectivity index (χ0) is 20.8. The Morgan fingerprint density at radius 3 is 2.62 bits per heavy atom. The SMILES string of the molecule is COc1cccc(CN2CCN(Cc3cc(Cl)c(O)c(OC)c3)CC2CCO)c1. The summed E-state index contributed by atoms with van der Waals surface area (Å²) in [6.45, 7) is 4.37. The van der Waals surface area contributed by atoms with Crippen LogP contribution in [0.4, 0.5) is 0 Å². The highest BCUT2D eigenvalue weighted by molar-refractivity contribution is 6.32. The van der Waals surface area contributed by atoms with Crippen molar-refractivity contribution in [3.8, 4) is 17.2 Å². The van der Waals surface area contributed by atoms with Crippen LogP contribution in [0.2, 0.25) is 5.02 Å². The van der Waals surface area contributed by atoms with Gasteiger partial charge in [-0.15, -0.1) is 0 Å².